The van der Waals surface area contributed by atoms with E-state index in [1.54, 1.807) is 12.1 Å². The number of fused-ring (bicyclic) bond motifs is 2. The minimum Gasteiger partial charge on any atom is -0.486 e. The first-order valence-electron chi connectivity index (χ1n) is 11.6. The quantitative estimate of drug-likeness (QED) is 0.352. The Morgan fingerprint density at radius 1 is 1.00 bits per heavy atom. The number of halogens is 1. The van der Waals surface area contributed by atoms with Crippen molar-refractivity contribution in [3.8, 4) is 5.75 Å². The van der Waals surface area contributed by atoms with Crippen LogP contribution in [0.3, 0.4) is 0 Å². The zero-order valence-electron chi connectivity index (χ0n) is 19.1. The molecule has 168 valence electrons. The highest BCUT2D eigenvalue weighted by Crippen LogP contribution is 2.39. The number of nitrogens with one attached hydrogen (secondary N) is 1. The molecule has 1 unspecified atom stereocenters. The molecule has 0 aromatic heterocycles. The molecule has 1 aliphatic rings. The topological polar surface area (TPSA) is 24.5 Å². The maximum absolute atomic E-state index is 14.0. The second-order valence-corrected chi connectivity index (χ2v) is 8.83. The standard InChI is InChI=1S/C29H29FN2O/c1-20-10-13-24(14-11-20)32-19-25(33-29-15-12-23(30)18-28(29)32)16-17-31-21(2)26-9-5-7-22-6-3-4-8-27(22)26/h3-15,18,21,25,31H,16-17,19H2,1-2H3/t21-,25?/m1/s1. The summed E-state index contributed by atoms with van der Waals surface area (Å²) in [5, 5.41) is 6.22. The van der Waals surface area contributed by atoms with E-state index < -0.39 is 0 Å². The SMILES string of the molecule is Cc1ccc(N2CC(CCN[C@H](C)c3cccc4ccccc34)Oc3ccc(F)cc32)cc1. The molecule has 0 radical (unpaired) electrons. The number of rotatable bonds is 6. The van der Waals surface area contributed by atoms with Gasteiger partial charge in [0.15, 0.2) is 0 Å². The van der Waals surface area contributed by atoms with Gasteiger partial charge in [0, 0.05) is 17.8 Å². The van der Waals surface area contributed by atoms with Crippen LogP contribution in [0.1, 0.15) is 30.5 Å². The lowest BCUT2D eigenvalue weighted by molar-refractivity contribution is 0.186. The molecule has 4 aromatic rings. The zero-order valence-corrected chi connectivity index (χ0v) is 19.1. The fourth-order valence-electron chi connectivity index (χ4n) is 4.64. The Balaban J connectivity index is 1.30. The molecule has 4 aromatic carbocycles. The van der Waals surface area contributed by atoms with Crippen molar-refractivity contribution < 1.29 is 9.13 Å². The first-order chi connectivity index (χ1) is 16.1. The number of nitrogens with zero attached hydrogens (tertiary/aromatic N) is 1. The van der Waals surface area contributed by atoms with E-state index in [0.29, 0.717) is 6.54 Å². The molecule has 0 spiro atoms. The number of ether oxygens (including phenoxy) is 1. The normalized spacial score (nSPS) is 16.3. The van der Waals surface area contributed by atoms with Gasteiger partial charge in [-0.2, -0.15) is 0 Å². The lowest BCUT2D eigenvalue weighted by atomic mass is 9.99. The summed E-state index contributed by atoms with van der Waals surface area (Å²) < 4.78 is 20.3. The van der Waals surface area contributed by atoms with E-state index >= 15 is 0 Å². The van der Waals surface area contributed by atoms with Crippen molar-refractivity contribution in [1.29, 1.82) is 0 Å². The average Bonchev–Trinajstić information content (AvgIpc) is 2.84. The van der Waals surface area contributed by atoms with Crippen LogP contribution in [0, 0.1) is 12.7 Å². The Kier molecular flexibility index (Phi) is 6.01. The zero-order chi connectivity index (χ0) is 22.8. The second kappa shape index (κ2) is 9.24. The molecule has 1 N–H and O–H groups in total. The molecule has 0 saturated heterocycles. The summed E-state index contributed by atoms with van der Waals surface area (Å²) >= 11 is 0. The van der Waals surface area contributed by atoms with Crippen molar-refractivity contribution in [3.63, 3.8) is 0 Å². The van der Waals surface area contributed by atoms with Crippen LogP contribution in [0.15, 0.2) is 84.9 Å². The largest absolute Gasteiger partial charge is 0.486 e. The van der Waals surface area contributed by atoms with Gasteiger partial charge < -0.3 is 15.0 Å². The molecular formula is C29H29FN2O. The van der Waals surface area contributed by atoms with Crippen LogP contribution in [0.25, 0.3) is 10.8 Å². The Morgan fingerprint density at radius 3 is 2.64 bits per heavy atom. The number of hydrogen-bond acceptors (Lipinski definition) is 3. The van der Waals surface area contributed by atoms with Crippen LogP contribution in [-0.2, 0) is 0 Å². The van der Waals surface area contributed by atoms with Crippen molar-refractivity contribution >= 4 is 22.1 Å². The van der Waals surface area contributed by atoms with E-state index in [0.717, 1.165) is 30.1 Å². The lowest BCUT2D eigenvalue weighted by Gasteiger charge is -2.36. The third-order valence-electron chi connectivity index (χ3n) is 6.44. The molecule has 1 heterocycles. The summed E-state index contributed by atoms with van der Waals surface area (Å²) in [6.45, 7) is 5.79. The number of anilines is 2. The fraction of sp³-hybridized carbons (Fsp3) is 0.241. The summed E-state index contributed by atoms with van der Waals surface area (Å²) in [5.74, 6) is 0.480. The molecule has 0 saturated carbocycles. The first-order valence-corrected chi connectivity index (χ1v) is 11.6. The Morgan fingerprint density at radius 2 is 1.79 bits per heavy atom. The fourth-order valence-corrected chi connectivity index (χ4v) is 4.64. The van der Waals surface area contributed by atoms with Gasteiger partial charge in [-0.1, -0.05) is 60.2 Å². The van der Waals surface area contributed by atoms with Crippen LogP contribution in [0.2, 0.25) is 0 Å². The van der Waals surface area contributed by atoms with Crippen molar-refractivity contribution in [2.75, 3.05) is 18.0 Å². The van der Waals surface area contributed by atoms with Crippen LogP contribution >= 0.6 is 0 Å². The van der Waals surface area contributed by atoms with Gasteiger partial charge >= 0.3 is 0 Å². The Bertz CT molecular complexity index is 1250. The van der Waals surface area contributed by atoms with Gasteiger partial charge in [-0.3, -0.25) is 0 Å². The number of aryl methyl sites for hydroxylation is 1. The Labute approximate surface area is 194 Å². The van der Waals surface area contributed by atoms with E-state index in [-0.39, 0.29) is 18.0 Å². The maximum Gasteiger partial charge on any atom is 0.143 e. The van der Waals surface area contributed by atoms with Gasteiger partial charge in [-0.15, -0.1) is 0 Å². The molecule has 5 rings (SSSR count). The predicted molar refractivity (Wildman–Crippen MR) is 134 cm³/mol. The summed E-state index contributed by atoms with van der Waals surface area (Å²) in [5.41, 5.74) is 4.35. The van der Waals surface area contributed by atoms with Gasteiger partial charge in [0.25, 0.3) is 0 Å². The van der Waals surface area contributed by atoms with E-state index in [9.17, 15) is 4.39 Å². The third kappa shape index (κ3) is 4.57. The van der Waals surface area contributed by atoms with Crippen LogP contribution in [0.4, 0.5) is 15.8 Å². The van der Waals surface area contributed by atoms with E-state index in [1.807, 2.05) is 0 Å². The molecule has 0 amide bonds. The Hall–Kier alpha value is -3.37. The summed E-state index contributed by atoms with van der Waals surface area (Å²) in [6.07, 6.45) is 0.866. The van der Waals surface area contributed by atoms with Gasteiger partial charge in [0.05, 0.1) is 12.2 Å². The van der Waals surface area contributed by atoms with E-state index in [4.69, 9.17) is 4.74 Å². The molecule has 4 heteroatoms. The maximum atomic E-state index is 14.0. The molecule has 33 heavy (non-hydrogen) atoms. The van der Waals surface area contributed by atoms with E-state index in [1.165, 1.54) is 28.0 Å². The van der Waals surface area contributed by atoms with Crippen molar-refractivity contribution in [2.45, 2.75) is 32.4 Å². The van der Waals surface area contributed by atoms with Crippen LogP contribution in [-0.4, -0.2) is 19.2 Å². The first kappa shape index (κ1) is 21.5. The highest BCUT2D eigenvalue weighted by Gasteiger charge is 2.27. The molecule has 3 nitrogen and oxygen atoms in total. The molecule has 1 aliphatic heterocycles. The molecular weight excluding hydrogens is 411 g/mol. The monoisotopic (exact) mass is 440 g/mol. The molecule has 0 fully saturated rings. The van der Waals surface area contributed by atoms with Gasteiger partial charge in [-0.25, -0.2) is 4.39 Å². The summed E-state index contributed by atoms with van der Waals surface area (Å²) in [6, 6.07) is 28.3. The van der Waals surface area contributed by atoms with Crippen LogP contribution in [0.5, 0.6) is 5.75 Å². The smallest absolute Gasteiger partial charge is 0.143 e. The predicted octanol–water partition coefficient (Wildman–Crippen LogP) is 6.93. The summed E-state index contributed by atoms with van der Waals surface area (Å²) in [4.78, 5) is 2.17. The van der Waals surface area contributed by atoms with Crippen molar-refractivity contribution in [1.82, 2.24) is 5.32 Å². The lowest BCUT2D eigenvalue weighted by Crippen LogP contribution is -2.39. The average molecular weight is 441 g/mol. The van der Waals surface area contributed by atoms with Crippen LogP contribution < -0.4 is 15.0 Å². The highest BCUT2D eigenvalue weighted by molar-refractivity contribution is 5.86. The van der Waals surface area contributed by atoms with Gasteiger partial charge in [-0.05, 0) is 67.4 Å². The van der Waals surface area contributed by atoms with Crippen molar-refractivity contribution in [3.05, 3.63) is 102 Å². The van der Waals surface area contributed by atoms with Gasteiger partial charge in [0.2, 0.25) is 0 Å². The van der Waals surface area contributed by atoms with Crippen molar-refractivity contribution in [2.24, 2.45) is 0 Å². The van der Waals surface area contributed by atoms with E-state index in [2.05, 4.69) is 90.8 Å². The number of benzene rings is 4. The minimum atomic E-state index is -0.251. The molecule has 0 aliphatic carbocycles. The molecule has 0 bridgehead atoms. The highest BCUT2D eigenvalue weighted by atomic mass is 19.1. The molecule has 2 atom stereocenters. The second-order valence-electron chi connectivity index (χ2n) is 8.83. The minimum absolute atomic E-state index is 0.0106. The third-order valence-corrected chi connectivity index (χ3v) is 6.44. The summed E-state index contributed by atoms with van der Waals surface area (Å²) in [7, 11) is 0. The number of hydrogen-bond donors (Lipinski definition) is 1. The van der Waals surface area contributed by atoms with Gasteiger partial charge in [0.1, 0.15) is 17.7 Å².